The third-order valence-corrected chi connectivity index (χ3v) is 6.45. The smallest absolute Gasteiger partial charge is 0.261 e. The Hall–Kier alpha value is -1.83. The molecule has 122 valence electrons. The van der Waals surface area contributed by atoms with Crippen LogP contribution in [0.1, 0.15) is 16.1 Å². The van der Waals surface area contributed by atoms with E-state index >= 15 is 0 Å². The summed E-state index contributed by atoms with van der Waals surface area (Å²) >= 11 is 4.87. The van der Waals surface area contributed by atoms with Crippen LogP contribution in [0.5, 0.6) is 0 Å². The van der Waals surface area contributed by atoms with Gasteiger partial charge in [0.15, 0.2) is 4.96 Å². The van der Waals surface area contributed by atoms with Gasteiger partial charge in [0.1, 0.15) is 4.83 Å². The summed E-state index contributed by atoms with van der Waals surface area (Å²) in [4.78, 5) is 20.7. The summed E-state index contributed by atoms with van der Waals surface area (Å²) < 4.78 is 2.03. The lowest BCUT2D eigenvalue weighted by Gasteiger charge is -2.03. The van der Waals surface area contributed by atoms with Crippen LogP contribution < -0.4 is 5.32 Å². The van der Waals surface area contributed by atoms with E-state index in [1.54, 1.807) is 11.3 Å². The molecule has 4 aromatic rings. The van der Waals surface area contributed by atoms with Gasteiger partial charge in [0.2, 0.25) is 0 Å². The number of carbonyl (C=O) groups excluding carboxylic acids is 1. The van der Waals surface area contributed by atoms with Crippen molar-refractivity contribution in [3.63, 3.8) is 0 Å². The molecule has 0 saturated carbocycles. The second-order valence-electron chi connectivity index (χ2n) is 5.24. The average molecular weight is 374 g/mol. The zero-order valence-corrected chi connectivity index (χ0v) is 15.2. The fourth-order valence-corrected chi connectivity index (χ4v) is 5.02. The number of nitrogens with one attached hydrogen (secondary N) is 1. The zero-order chi connectivity index (χ0) is 16.4. The number of thiazole rings is 1. The molecule has 4 rings (SSSR count). The number of nitrogens with zero attached hydrogens (tertiary/aromatic N) is 2. The van der Waals surface area contributed by atoms with Crippen molar-refractivity contribution in [1.29, 1.82) is 0 Å². The van der Waals surface area contributed by atoms with E-state index in [2.05, 4.69) is 22.4 Å². The summed E-state index contributed by atoms with van der Waals surface area (Å²) in [7, 11) is 0. The number of aromatic nitrogens is 2. The minimum Gasteiger partial charge on any atom is -0.351 e. The van der Waals surface area contributed by atoms with Crippen molar-refractivity contribution in [2.45, 2.75) is 11.3 Å². The van der Waals surface area contributed by atoms with E-state index in [1.807, 2.05) is 52.0 Å². The number of fused-ring (bicyclic) bond motifs is 3. The highest BCUT2D eigenvalue weighted by Gasteiger charge is 2.14. The van der Waals surface area contributed by atoms with Gasteiger partial charge in [-0.2, -0.15) is 0 Å². The van der Waals surface area contributed by atoms with E-state index in [0.29, 0.717) is 6.54 Å². The van der Waals surface area contributed by atoms with Crippen LogP contribution in [0.3, 0.4) is 0 Å². The molecule has 0 aliphatic heterocycles. The van der Waals surface area contributed by atoms with Gasteiger partial charge in [0, 0.05) is 23.0 Å². The second-order valence-corrected chi connectivity index (χ2v) is 8.31. The Bertz CT molecular complexity index is 971. The molecule has 7 heteroatoms. The van der Waals surface area contributed by atoms with E-state index in [4.69, 9.17) is 0 Å². The number of hydrogen-bond donors (Lipinski definition) is 1. The summed E-state index contributed by atoms with van der Waals surface area (Å²) in [6.07, 6.45) is 2.94. The third-order valence-electron chi connectivity index (χ3n) is 3.58. The summed E-state index contributed by atoms with van der Waals surface area (Å²) in [6, 6.07) is 12.3. The number of amides is 1. The van der Waals surface area contributed by atoms with Crippen molar-refractivity contribution in [3.05, 3.63) is 52.9 Å². The van der Waals surface area contributed by atoms with Crippen molar-refractivity contribution in [2.75, 3.05) is 12.3 Å². The number of thioether (sulfide) groups is 1. The molecule has 0 fully saturated rings. The minimum atomic E-state index is -0.00769. The fraction of sp³-hybridized carbons (Fsp3) is 0.176. The van der Waals surface area contributed by atoms with Gasteiger partial charge in [0.25, 0.3) is 5.91 Å². The Kier molecular flexibility index (Phi) is 4.55. The van der Waals surface area contributed by atoms with Gasteiger partial charge >= 0.3 is 0 Å². The van der Waals surface area contributed by atoms with Gasteiger partial charge in [-0.15, -0.1) is 34.4 Å². The Labute approximate surface area is 151 Å². The molecule has 0 radical (unpaired) electrons. The summed E-state index contributed by atoms with van der Waals surface area (Å²) in [5, 5.41) is 5.01. The number of rotatable bonds is 6. The van der Waals surface area contributed by atoms with Crippen LogP contribution >= 0.6 is 34.4 Å². The lowest BCUT2D eigenvalue weighted by Crippen LogP contribution is -2.23. The molecule has 24 heavy (non-hydrogen) atoms. The number of thiophene rings is 1. The number of benzene rings is 1. The second kappa shape index (κ2) is 6.96. The first kappa shape index (κ1) is 15.7. The van der Waals surface area contributed by atoms with Crippen LogP contribution in [0.2, 0.25) is 0 Å². The monoisotopic (exact) mass is 373 g/mol. The first-order chi connectivity index (χ1) is 11.8. The standard InChI is InChI=1S/C17H15N3OS3/c21-15(18-7-4-9-22-12-5-2-1-3-6-12)14-11-13-16(24-14)19-17-20(13)8-10-23-17/h1-3,5-6,8,10-11H,4,7,9H2,(H,18,21). The van der Waals surface area contributed by atoms with Crippen molar-refractivity contribution in [1.82, 2.24) is 14.7 Å². The molecule has 0 saturated heterocycles. The van der Waals surface area contributed by atoms with Crippen LogP contribution in [0, 0.1) is 0 Å². The largest absolute Gasteiger partial charge is 0.351 e. The Balaban J connectivity index is 1.30. The SMILES string of the molecule is O=C(NCCCSc1ccccc1)c1cc2c(nc3sccn32)s1. The van der Waals surface area contributed by atoms with E-state index < -0.39 is 0 Å². The highest BCUT2D eigenvalue weighted by molar-refractivity contribution is 7.99. The van der Waals surface area contributed by atoms with E-state index in [1.165, 1.54) is 16.2 Å². The van der Waals surface area contributed by atoms with Crippen molar-refractivity contribution < 1.29 is 4.79 Å². The van der Waals surface area contributed by atoms with Gasteiger partial charge in [-0.1, -0.05) is 18.2 Å². The molecule has 0 bridgehead atoms. The number of carbonyl (C=O) groups is 1. The minimum absolute atomic E-state index is 0.00769. The van der Waals surface area contributed by atoms with Gasteiger partial charge in [0.05, 0.1) is 10.4 Å². The summed E-state index contributed by atoms with van der Waals surface area (Å²) in [5.74, 6) is 0.987. The zero-order valence-electron chi connectivity index (χ0n) is 12.8. The van der Waals surface area contributed by atoms with E-state index in [9.17, 15) is 4.79 Å². The van der Waals surface area contributed by atoms with Gasteiger partial charge in [-0.3, -0.25) is 9.20 Å². The van der Waals surface area contributed by atoms with Crippen LogP contribution in [-0.4, -0.2) is 27.6 Å². The Morgan fingerprint density at radius 2 is 2.17 bits per heavy atom. The van der Waals surface area contributed by atoms with Crippen molar-refractivity contribution in [3.8, 4) is 0 Å². The predicted molar refractivity (Wildman–Crippen MR) is 103 cm³/mol. The Morgan fingerprint density at radius 1 is 1.29 bits per heavy atom. The molecule has 0 aliphatic carbocycles. The summed E-state index contributed by atoms with van der Waals surface area (Å²) in [6.45, 7) is 0.690. The lowest BCUT2D eigenvalue weighted by atomic mass is 10.4. The summed E-state index contributed by atoms with van der Waals surface area (Å²) in [5.41, 5.74) is 1.01. The third kappa shape index (κ3) is 3.19. The molecule has 0 unspecified atom stereocenters. The molecule has 1 aromatic carbocycles. The quantitative estimate of drug-likeness (QED) is 0.399. The van der Waals surface area contributed by atoms with E-state index in [-0.39, 0.29) is 5.91 Å². The molecular formula is C17H15N3OS3. The maximum Gasteiger partial charge on any atom is 0.261 e. The molecule has 0 atom stereocenters. The maximum absolute atomic E-state index is 12.3. The van der Waals surface area contributed by atoms with Crippen LogP contribution in [0.15, 0.2) is 52.9 Å². The first-order valence-corrected chi connectivity index (χ1v) is 10.3. The lowest BCUT2D eigenvalue weighted by molar-refractivity contribution is 0.0958. The predicted octanol–water partition coefficient (Wildman–Crippen LogP) is 4.52. The molecule has 3 aromatic heterocycles. The van der Waals surface area contributed by atoms with Crippen LogP contribution in [0.4, 0.5) is 0 Å². The first-order valence-electron chi connectivity index (χ1n) is 7.62. The van der Waals surface area contributed by atoms with Gasteiger partial charge in [-0.25, -0.2) is 4.98 Å². The molecule has 4 nitrogen and oxygen atoms in total. The van der Waals surface area contributed by atoms with Crippen LogP contribution in [0.25, 0.3) is 15.3 Å². The normalized spacial score (nSPS) is 11.3. The van der Waals surface area contributed by atoms with Gasteiger partial charge in [-0.05, 0) is 30.4 Å². The maximum atomic E-state index is 12.3. The molecule has 0 spiro atoms. The molecule has 0 aliphatic rings. The van der Waals surface area contributed by atoms with E-state index in [0.717, 1.165) is 32.4 Å². The number of hydrogen-bond acceptors (Lipinski definition) is 5. The number of imidazole rings is 1. The molecular weight excluding hydrogens is 358 g/mol. The van der Waals surface area contributed by atoms with Gasteiger partial charge < -0.3 is 5.32 Å². The molecule has 3 heterocycles. The van der Waals surface area contributed by atoms with Crippen LogP contribution in [-0.2, 0) is 0 Å². The highest BCUT2D eigenvalue weighted by Crippen LogP contribution is 2.28. The fourth-order valence-electron chi connectivity index (χ4n) is 2.43. The average Bonchev–Trinajstić information content (AvgIpc) is 3.27. The van der Waals surface area contributed by atoms with Crippen molar-refractivity contribution >= 4 is 55.7 Å². The topological polar surface area (TPSA) is 46.4 Å². The highest BCUT2D eigenvalue weighted by atomic mass is 32.2. The Morgan fingerprint density at radius 3 is 3.04 bits per heavy atom. The van der Waals surface area contributed by atoms with Crippen molar-refractivity contribution in [2.24, 2.45) is 0 Å². The molecule has 1 N–H and O–H groups in total. The molecule has 1 amide bonds.